The number of aromatic nitrogens is 2. The van der Waals surface area contributed by atoms with E-state index in [4.69, 9.17) is 0 Å². The molecule has 17 heavy (non-hydrogen) atoms. The van der Waals surface area contributed by atoms with Gasteiger partial charge in [-0.05, 0) is 19.1 Å². The second-order valence-corrected chi connectivity index (χ2v) is 4.31. The van der Waals surface area contributed by atoms with Crippen LogP contribution in [-0.4, -0.2) is 15.5 Å². The van der Waals surface area contributed by atoms with Crippen molar-refractivity contribution in [2.75, 3.05) is 5.32 Å². The smallest absolute Gasteiger partial charge is 0.307 e. The Morgan fingerprint density at radius 3 is 2.94 bits per heavy atom. The van der Waals surface area contributed by atoms with Crippen LogP contribution >= 0.6 is 11.3 Å². The summed E-state index contributed by atoms with van der Waals surface area (Å²) in [4.78, 5) is 26.9. The van der Waals surface area contributed by atoms with Crippen molar-refractivity contribution in [1.29, 1.82) is 0 Å². The van der Waals surface area contributed by atoms with Gasteiger partial charge in [0.25, 0.3) is 0 Å². The van der Waals surface area contributed by atoms with Crippen LogP contribution in [0.25, 0.3) is 0 Å². The average molecular weight is 249 g/mol. The normalized spacial score (nSPS) is 10.2. The van der Waals surface area contributed by atoms with Crippen LogP contribution in [0, 0.1) is 6.92 Å². The molecule has 0 aliphatic heterocycles. The molecule has 1 N–H and O–H groups in total. The van der Waals surface area contributed by atoms with E-state index in [1.165, 1.54) is 4.57 Å². The molecule has 0 spiro atoms. The first-order chi connectivity index (χ1) is 8.16. The molecule has 1 amide bonds. The molecule has 2 heterocycles. The lowest BCUT2D eigenvalue weighted by Gasteiger charge is -2.05. The average Bonchev–Trinajstić information content (AvgIpc) is 2.62. The minimum Gasteiger partial charge on any atom is -0.309 e. The molecule has 0 saturated carbocycles. The van der Waals surface area contributed by atoms with Crippen molar-refractivity contribution in [3.8, 4) is 0 Å². The summed E-state index contributed by atoms with van der Waals surface area (Å²) < 4.78 is 1.43. The zero-order valence-electron chi connectivity index (χ0n) is 9.21. The van der Waals surface area contributed by atoms with Crippen molar-refractivity contribution in [2.45, 2.75) is 13.5 Å². The monoisotopic (exact) mass is 249 g/mol. The van der Waals surface area contributed by atoms with Gasteiger partial charge < -0.3 is 5.32 Å². The van der Waals surface area contributed by atoms with E-state index in [2.05, 4.69) is 10.3 Å². The highest BCUT2D eigenvalue weighted by atomic mass is 32.1. The van der Waals surface area contributed by atoms with Crippen molar-refractivity contribution in [2.24, 2.45) is 0 Å². The number of rotatable bonds is 3. The summed E-state index contributed by atoms with van der Waals surface area (Å²) in [5.41, 5.74) is 0.788. The summed E-state index contributed by atoms with van der Waals surface area (Å²) in [5.74, 6) is 0.228. The Hall–Kier alpha value is -1.95. The number of carbonyl (C=O) groups is 1. The lowest BCUT2D eigenvalue weighted by molar-refractivity contribution is -0.116. The van der Waals surface area contributed by atoms with Crippen molar-refractivity contribution in [1.82, 2.24) is 9.55 Å². The summed E-state index contributed by atoms with van der Waals surface area (Å²) >= 11 is 1.09. The van der Waals surface area contributed by atoms with Crippen LogP contribution in [0.15, 0.2) is 34.6 Å². The lowest BCUT2D eigenvalue weighted by atomic mass is 10.4. The van der Waals surface area contributed by atoms with E-state index < -0.39 is 0 Å². The summed E-state index contributed by atoms with van der Waals surface area (Å²) in [6.07, 6.45) is 1.59. The van der Waals surface area contributed by atoms with Crippen LogP contribution in [0.3, 0.4) is 0 Å². The predicted molar refractivity (Wildman–Crippen MR) is 66.2 cm³/mol. The number of carbonyl (C=O) groups excluding carboxylic acids is 1. The maximum Gasteiger partial charge on any atom is 0.307 e. The van der Waals surface area contributed by atoms with Crippen molar-refractivity contribution < 1.29 is 4.79 Å². The van der Waals surface area contributed by atoms with E-state index in [9.17, 15) is 9.59 Å². The molecule has 6 heteroatoms. The van der Waals surface area contributed by atoms with Gasteiger partial charge in [0.15, 0.2) is 0 Å². The summed E-state index contributed by atoms with van der Waals surface area (Å²) in [5, 5.41) is 4.36. The standard InChI is InChI=1S/C11H11N3O2S/c1-8-7-17-11(16)14(8)6-10(15)13-9-4-2-3-5-12-9/h2-5,7H,6H2,1H3,(H,12,13,15). The summed E-state index contributed by atoms with van der Waals surface area (Å²) in [6, 6.07) is 5.24. The number of aryl methyl sites for hydroxylation is 1. The van der Waals surface area contributed by atoms with Crippen LogP contribution < -0.4 is 10.2 Å². The fourth-order valence-corrected chi connectivity index (χ4v) is 2.09. The summed E-state index contributed by atoms with van der Waals surface area (Å²) in [7, 11) is 0. The van der Waals surface area contributed by atoms with Crippen LogP contribution in [0.1, 0.15) is 5.69 Å². The third kappa shape index (κ3) is 2.79. The van der Waals surface area contributed by atoms with Gasteiger partial charge >= 0.3 is 4.87 Å². The van der Waals surface area contributed by atoms with Gasteiger partial charge in [0.1, 0.15) is 12.4 Å². The fourth-order valence-electron chi connectivity index (χ4n) is 1.36. The molecule has 88 valence electrons. The molecular formula is C11H11N3O2S. The second kappa shape index (κ2) is 4.92. The molecule has 0 bridgehead atoms. The van der Waals surface area contributed by atoms with Crippen LogP contribution in [0.2, 0.25) is 0 Å². The molecule has 0 radical (unpaired) electrons. The van der Waals surface area contributed by atoms with Crippen LogP contribution in [0.4, 0.5) is 5.82 Å². The van der Waals surface area contributed by atoms with Gasteiger partial charge in [-0.25, -0.2) is 4.98 Å². The number of hydrogen-bond acceptors (Lipinski definition) is 4. The van der Waals surface area contributed by atoms with Crippen molar-refractivity contribution in [3.05, 3.63) is 45.1 Å². The third-order valence-corrected chi connectivity index (χ3v) is 3.09. The predicted octanol–water partition coefficient (Wildman–Crippen LogP) is 1.25. The number of nitrogens with zero attached hydrogens (tertiary/aromatic N) is 2. The minimum atomic E-state index is -0.257. The van der Waals surface area contributed by atoms with Gasteiger partial charge in [-0.15, -0.1) is 0 Å². The molecule has 0 saturated heterocycles. The highest BCUT2D eigenvalue weighted by Crippen LogP contribution is 2.02. The number of thiazole rings is 1. The highest BCUT2D eigenvalue weighted by molar-refractivity contribution is 7.07. The number of nitrogens with one attached hydrogen (secondary N) is 1. The molecule has 2 aromatic heterocycles. The molecule has 5 nitrogen and oxygen atoms in total. The highest BCUT2D eigenvalue weighted by Gasteiger charge is 2.08. The zero-order chi connectivity index (χ0) is 12.3. The van der Waals surface area contributed by atoms with E-state index >= 15 is 0 Å². The van der Waals surface area contributed by atoms with Gasteiger partial charge in [0.05, 0.1) is 0 Å². The van der Waals surface area contributed by atoms with Gasteiger partial charge in [0, 0.05) is 17.3 Å². The maximum absolute atomic E-state index is 11.7. The molecule has 0 fully saturated rings. The van der Waals surface area contributed by atoms with Gasteiger partial charge in [-0.1, -0.05) is 17.4 Å². The molecule has 2 aromatic rings. The van der Waals surface area contributed by atoms with E-state index in [-0.39, 0.29) is 17.3 Å². The number of anilines is 1. The molecule has 0 aliphatic rings. The first-order valence-corrected chi connectivity index (χ1v) is 5.90. The van der Waals surface area contributed by atoms with E-state index in [1.807, 2.05) is 0 Å². The number of amides is 1. The Kier molecular flexibility index (Phi) is 3.34. The molecule has 2 rings (SSSR count). The Morgan fingerprint density at radius 1 is 1.53 bits per heavy atom. The van der Waals surface area contributed by atoms with Gasteiger partial charge in [0.2, 0.25) is 5.91 Å². The molecule has 0 aromatic carbocycles. The minimum absolute atomic E-state index is 0.0186. The zero-order valence-corrected chi connectivity index (χ0v) is 10.0. The number of hydrogen-bond donors (Lipinski definition) is 1. The molecular weight excluding hydrogens is 238 g/mol. The van der Waals surface area contributed by atoms with E-state index in [0.29, 0.717) is 5.82 Å². The van der Waals surface area contributed by atoms with Crippen LogP contribution in [-0.2, 0) is 11.3 Å². The van der Waals surface area contributed by atoms with Gasteiger partial charge in [-0.2, -0.15) is 0 Å². The Morgan fingerprint density at radius 2 is 2.35 bits per heavy atom. The quantitative estimate of drug-likeness (QED) is 0.890. The third-order valence-electron chi connectivity index (χ3n) is 2.21. The fraction of sp³-hybridized carbons (Fsp3) is 0.182. The Balaban J connectivity index is 2.06. The Labute approximate surface area is 102 Å². The van der Waals surface area contributed by atoms with E-state index in [0.717, 1.165) is 17.0 Å². The van der Waals surface area contributed by atoms with E-state index in [1.54, 1.807) is 36.7 Å². The van der Waals surface area contributed by atoms with Crippen molar-refractivity contribution in [3.63, 3.8) is 0 Å². The summed E-state index contributed by atoms with van der Waals surface area (Å²) in [6.45, 7) is 1.82. The first-order valence-electron chi connectivity index (χ1n) is 5.02. The largest absolute Gasteiger partial charge is 0.309 e. The van der Waals surface area contributed by atoms with Gasteiger partial charge in [-0.3, -0.25) is 14.2 Å². The molecule has 0 unspecified atom stereocenters. The van der Waals surface area contributed by atoms with Crippen LogP contribution in [0.5, 0.6) is 0 Å². The maximum atomic E-state index is 11.7. The molecule has 0 atom stereocenters. The topological polar surface area (TPSA) is 64.0 Å². The number of pyridine rings is 1. The van der Waals surface area contributed by atoms with Crippen molar-refractivity contribution >= 4 is 23.1 Å². The molecule has 0 aliphatic carbocycles. The lowest BCUT2D eigenvalue weighted by Crippen LogP contribution is -2.25. The Bertz CT molecular complexity index is 574. The SMILES string of the molecule is Cc1csc(=O)n1CC(=O)Nc1ccccn1. The second-order valence-electron chi connectivity index (χ2n) is 3.49. The first kappa shape index (κ1) is 11.5.